The molecule has 0 heterocycles. The standard InChI is InChI=1S/C14H20ClNO3S/c1-2-3-9-16(10-11-17)20(18,19)12-8-13-4-6-14(15)7-5-13/h4-8,12,17H,2-3,9-11H2,1H3. The molecular formula is C14H20ClNO3S. The maximum absolute atomic E-state index is 12.2. The van der Waals surface area contributed by atoms with E-state index in [0.29, 0.717) is 11.6 Å². The zero-order chi connectivity index (χ0) is 15.0. The van der Waals surface area contributed by atoms with Crippen molar-refractivity contribution in [2.24, 2.45) is 0 Å². The number of sulfonamides is 1. The van der Waals surface area contributed by atoms with E-state index in [1.165, 1.54) is 15.8 Å². The molecule has 0 aliphatic carbocycles. The second kappa shape index (κ2) is 8.42. The Morgan fingerprint density at radius 2 is 1.90 bits per heavy atom. The van der Waals surface area contributed by atoms with Gasteiger partial charge in [0, 0.05) is 23.5 Å². The van der Waals surface area contributed by atoms with Gasteiger partial charge in [-0.15, -0.1) is 0 Å². The molecule has 4 nitrogen and oxygen atoms in total. The molecule has 0 aliphatic heterocycles. The van der Waals surface area contributed by atoms with Gasteiger partial charge in [0.1, 0.15) is 0 Å². The van der Waals surface area contributed by atoms with Crippen molar-refractivity contribution >= 4 is 27.7 Å². The van der Waals surface area contributed by atoms with Gasteiger partial charge < -0.3 is 5.11 Å². The predicted molar refractivity (Wildman–Crippen MR) is 83.0 cm³/mol. The van der Waals surface area contributed by atoms with Crippen LogP contribution in [-0.2, 0) is 10.0 Å². The third kappa shape index (κ3) is 5.63. The molecule has 112 valence electrons. The highest BCUT2D eigenvalue weighted by Gasteiger charge is 2.17. The van der Waals surface area contributed by atoms with Gasteiger partial charge in [-0.1, -0.05) is 37.1 Å². The van der Waals surface area contributed by atoms with Gasteiger partial charge in [0.25, 0.3) is 0 Å². The summed E-state index contributed by atoms with van der Waals surface area (Å²) < 4.78 is 25.6. The molecule has 0 fully saturated rings. The first-order valence-corrected chi connectivity index (χ1v) is 8.42. The Balaban J connectivity index is 2.82. The summed E-state index contributed by atoms with van der Waals surface area (Å²) in [6.45, 7) is 2.35. The molecule has 6 heteroatoms. The van der Waals surface area contributed by atoms with Crippen LogP contribution in [0.1, 0.15) is 25.3 Å². The van der Waals surface area contributed by atoms with Crippen LogP contribution in [0.25, 0.3) is 6.08 Å². The average Bonchev–Trinajstić information content (AvgIpc) is 2.43. The van der Waals surface area contributed by atoms with Crippen molar-refractivity contribution in [1.29, 1.82) is 0 Å². The molecule has 0 radical (unpaired) electrons. The lowest BCUT2D eigenvalue weighted by Gasteiger charge is -2.18. The van der Waals surface area contributed by atoms with Crippen molar-refractivity contribution in [3.8, 4) is 0 Å². The van der Waals surface area contributed by atoms with E-state index in [-0.39, 0.29) is 13.2 Å². The van der Waals surface area contributed by atoms with Crippen LogP contribution < -0.4 is 0 Å². The van der Waals surface area contributed by atoms with Gasteiger partial charge in [-0.05, 0) is 30.2 Å². The number of unbranched alkanes of at least 4 members (excludes halogenated alkanes) is 1. The molecule has 1 aromatic rings. The van der Waals surface area contributed by atoms with Crippen molar-refractivity contribution < 1.29 is 13.5 Å². The topological polar surface area (TPSA) is 57.6 Å². The summed E-state index contributed by atoms with van der Waals surface area (Å²) in [7, 11) is -3.51. The Morgan fingerprint density at radius 1 is 1.25 bits per heavy atom. The first-order chi connectivity index (χ1) is 9.49. The third-order valence-corrected chi connectivity index (χ3v) is 4.59. The van der Waals surface area contributed by atoms with Crippen LogP contribution in [-0.4, -0.2) is 37.5 Å². The second-order valence-corrected chi connectivity index (χ2v) is 6.63. The van der Waals surface area contributed by atoms with Crippen molar-refractivity contribution in [3.05, 3.63) is 40.3 Å². The van der Waals surface area contributed by atoms with Gasteiger partial charge in [-0.3, -0.25) is 0 Å². The highest BCUT2D eigenvalue weighted by atomic mass is 35.5. The van der Waals surface area contributed by atoms with Crippen molar-refractivity contribution in [1.82, 2.24) is 4.31 Å². The molecule has 0 unspecified atom stereocenters. The van der Waals surface area contributed by atoms with Gasteiger partial charge in [-0.2, -0.15) is 4.31 Å². The van der Waals surface area contributed by atoms with Gasteiger partial charge in [0.2, 0.25) is 10.0 Å². The van der Waals surface area contributed by atoms with E-state index in [4.69, 9.17) is 16.7 Å². The van der Waals surface area contributed by atoms with Crippen molar-refractivity contribution in [2.75, 3.05) is 19.7 Å². The summed E-state index contributed by atoms with van der Waals surface area (Å²) in [6.07, 6.45) is 3.20. The van der Waals surface area contributed by atoms with E-state index in [1.54, 1.807) is 24.3 Å². The summed E-state index contributed by atoms with van der Waals surface area (Å²) >= 11 is 5.77. The Labute approximate surface area is 125 Å². The highest BCUT2D eigenvalue weighted by molar-refractivity contribution is 7.92. The largest absolute Gasteiger partial charge is 0.395 e. The molecule has 0 saturated carbocycles. The maximum Gasteiger partial charge on any atom is 0.236 e. The van der Waals surface area contributed by atoms with Gasteiger partial charge in [0.15, 0.2) is 0 Å². The number of aliphatic hydroxyl groups is 1. The molecular weight excluding hydrogens is 298 g/mol. The Kier molecular flexibility index (Phi) is 7.23. The van der Waals surface area contributed by atoms with Crippen LogP contribution in [0, 0.1) is 0 Å². The van der Waals surface area contributed by atoms with Gasteiger partial charge in [0.05, 0.1) is 6.61 Å². The normalized spacial score (nSPS) is 12.4. The summed E-state index contributed by atoms with van der Waals surface area (Å²) in [4.78, 5) is 0. The van der Waals surface area contributed by atoms with Crippen LogP contribution in [0.15, 0.2) is 29.7 Å². The second-order valence-electron chi connectivity index (χ2n) is 4.38. The number of hydrogen-bond donors (Lipinski definition) is 1. The van der Waals surface area contributed by atoms with E-state index in [1.807, 2.05) is 6.92 Å². The van der Waals surface area contributed by atoms with E-state index in [0.717, 1.165) is 18.4 Å². The molecule has 20 heavy (non-hydrogen) atoms. The Bertz CT molecular complexity index is 526. The van der Waals surface area contributed by atoms with Gasteiger partial charge >= 0.3 is 0 Å². The number of halogens is 1. The lowest BCUT2D eigenvalue weighted by atomic mass is 10.2. The van der Waals surface area contributed by atoms with E-state index < -0.39 is 10.0 Å². The van der Waals surface area contributed by atoms with E-state index >= 15 is 0 Å². The number of aliphatic hydroxyl groups excluding tert-OH is 1. The van der Waals surface area contributed by atoms with Crippen molar-refractivity contribution in [3.63, 3.8) is 0 Å². The van der Waals surface area contributed by atoms with Crippen LogP contribution in [0.5, 0.6) is 0 Å². The average molecular weight is 318 g/mol. The SMILES string of the molecule is CCCCN(CCO)S(=O)(=O)C=Cc1ccc(Cl)cc1. The fourth-order valence-corrected chi connectivity index (χ4v) is 2.98. The first kappa shape index (κ1) is 17.2. The molecule has 1 rings (SSSR count). The number of benzene rings is 1. The minimum Gasteiger partial charge on any atom is -0.395 e. The van der Waals surface area contributed by atoms with Crippen LogP contribution in [0.4, 0.5) is 0 Å². The maximum atomic E-state index is 12.2. The molecule has 0 atom stereocenters. The van der Waals surface area contributed by atoms with Crippen molar-refractivity contribution in [2.45, 2.75) is 19.8 Å². The number of rotatable bonds is 8. The Hall–Kier alpha value is -0.880. The number of hydrogen-bond acceptors (Lipinski definition) is 3. The quantitative estimate of drug-likeness (QED) is 0.802. The first-order valence-electron chi connectivity index (χ1n) is 6.54. The van der Waals surface area contributed by atoms with Crippen LogP contribution in [0.2, 0.25) is 5.02 Å². The van der Waals surface area contributed by atoms with Crippen LogP contribution in [0.3, 0.4) is 0 Å². The molecule has 0 saturated heterocycles. The van der Waals surface area contributed by atoms with E-state index in [2.05, 4.69) is 0 Å². The lowest BCUT2D eigenvalue weighted by molar-refractivity contribution is 0.253. The third-order valence-electron chi connectivity index (χ3n) is 2.77. The number of nitrogens with zero attached hydrogens (tertiary/aromatic N) is 1. The molecule has 0 spiro atoms. The summed E-state index contributed by atoms with van der Waals surface area (Å²) in [5.41, 5.74) is 0.761. The van der Waals surface area contributed by atoms with Crippen LogP contribution >= 0.6 is 11.6 Å². The zero-order valence-corrected chi connectivity index (χ0v) is 13.1. The minimum atomic E-state index is -3.51. The zero-order valence-electron chi connectivity index (χ0n) is 11.5. The minimum absolute atomic E-state index is 0.118. The molecule has 0 amide bonds. The van der Waals surface area contributed by atoms with E-state index in [9.17, 15) is 8.42 Å². The predicted octanol–water partition coefficient (Wildman–Crippen LogP) is 2.73. The molecule has 0 aliphatic rings. The summed E-state index contributed by atoms with van der Waals surface area (Å²) in [5.74, 6) is 0. The summed E-state index contributed by atoms with van der Waals surface area (Å²) in [5, 5.41) is 10.7. The molecule has 1 N–H and O–H groups in total. The highest BCUT2D eigenvalue weighted by Crippen LogP contribution is 2.13. The summed E-state index contributed by atoms with van der Waals surface area (Å²) in [6, 6.07) is 6.90. The fourth-order valence-electron chi connectivity index (χ4n) is 1.64. The molecule has 0 aromatic heterocycles. The lowest BCUT2D eigenvalue weighted by Crippen LogP contribution is -2.32. The monoisotopic (exact) mass is 317 g/mol. The molecule has 1 aromatic carbocycles. The smallest absolute Gasteiger partial charge is 0.236 e. The Morgan fingerprint density at radius 3 is 2.45 bits per heavy atom. The fraction of sp³-hybridized carbons (Fsp3) is 0.429. The molecule has 0 bridgehead atoms. The van der Waals surface area contributed by atoms with Gasteiger partial charge in [-0.25, -0.2) is 8.42 Å².